The van der Waals surface area contributed by atoms with Gasteiger partial charge in [0.05, 0.1) is 27.3 Å². The molecule has 0 radical (unpaired) electrons. The minimum atomic E-state index is -0.476. The lowest BCUT2D eigenvalue weighted by atomic mass is 10.1. The van der Waals surface area contributed by atoms with E-state index in [4.69, 9.17) is 28.9 Å². The second-order valence-corrected chi connectivity index (χ2v) is 6.07. The molecule has 1 aromatic carbocycles. The third kappa shape index (κ3) is 3.18. The molecule has 22 heavy (non-hydrogen) atoms. The van der Waals surface area contributed by atoms with E-state index >= 15 is 0 Å². The molecule has 1 fully saturated rings. The van der Waals surface area contributed by atoms with Crippen molar-refractivity contribution < 1.29 is 4.79 Å². The summed E-state index contributed by atoms with van der Waals surface area (Å²) in [6.45, 7) is 1.57. The van der Waals surface area contributed by atoms with Crippen molar-refractivity contribution >= 4 is 46.1 Å². The Balaban J connectivity index is 1.77. The van der Waals surface area contributed by atoms with Crippen molar-refractivity contribution in [1.82, 2.24) is 15.3 Å². The predicted molar refractivity (Wildman–Crippen MR) is 87.5 cm³/mol. The van der Waals surface area contributed by atoms with Crippen LogP contribution in [0, 0.1) is 0 Å². The molecule has 1 aliphatic rings. The number of anilines is 1. The quantitative estimate of drug-likeness (QED) is 0.880. The first-order valence-electron chi connectivity index (χ1n) is 6.95. The van der Waals surface area contributed by atoms with Gasteiger partial charge in [-0.25, -0.2) is 9.78 Å². The number of hydrogen-bond acceptors (Lipinski definition) is 4. The molecule has 8 heteroatoms. The fourth-order valence-electron chi connectivity index (χ4n) is 2.60. The summed E-state index contributed by atoms with van der Waals surface area (Å²) in [5.74, 6) is 0.795. The highest BCUT2D eigenvalue weighted by molar-refractivity contribution is 6.42. The van der Waals surface area contributed by atoms with E-state index in [1.54, 1.807) is 18.3 Å². The topological polar surface area (TPSA) is 84.1 Å². The number of benzene rings is 1. The standard InChI is InChI=1S/C14H15Cl2N5O/c15-9-5-11-12(6-10(9)16)20-13(7-18-11)21-3-1-8(2-4-21)19-14(17)22/h5-8H,1-4H2,(H3,17,19,22). The van der Waals surface area contributed by atoms with Crippen molar-refractivity contribution in [2.45, 2.75) is 18.9 Å². The van der Waals surface area contributed by atoms with Crippen LogP contribution in [0.2, 0.25) is 10.0 Å². The van der Waals surface area contributed by atoms with Gasteiger partial charge in [0.25, 0.3) is 0 Å². The fraction of sp³-hybridized carbons (Fsp3) is 0.357. The SMILES string of the molecule is NC(=O)NC1CCN(c2cnc3cc(Cl)c(Cl)cc3n2)CC1. The summed E-state index contributed by atoms with van der Waals surface area (Å²) in [4.78, 5) is 22.0. The van der Waals surface area contributed by atoms with Gasteiger partial charge in [0.2, 0.25) is 0 Å². The molecular weight excluding hydrogens is 325 g/mol. The van der Waals surface area contributed by atoms with Crippen molar-refractivity contribution in [3.8, 4) is 0 Å². The lowest BCUT2D eigenvalue weighted by molar-refractivity contribution is 0.242. The van der Waals surface area contributed by atoms with Crippen LogP contribution < -0.4 is 16.0 Å². The number of amides is 2. The maximum absolute atomic E-state index is 10.9. The molecule has 0 spiro atoms. The Bertz CT molecular complexity index is 716. The Hall–Kier alpha value is -1.79. The molecule has 2 aromatic rings. The van der Waals surface area contributed by atoms with Gasteiger partial charge in [0.1, 0.15) is 5.82 Å². The van der Waals surface area contributed by atoms with Crippen LogP contribution in [0.3, 0.4) is 0 Å². The zero-order chi connectivity index (χ0) is 15.7. The average molecular weight is 340 g/mol. The number of aromatic nitrogens is 2. The van der Waals surface area contributed by atoms with Gasteiger partial charge in [-0.2, -0.15) is 0 Å². The highest BCUT2D eigenvalue weighted by Crippen LogP contribution is 2.27. The van der Waals surface area contributed by atoms with Gasteiger partial charge >= 0.3 is 6.03 Å². The Labute approximate surface area is 137 Å². The van der Waals surface area contributed by atoms with E-state index in [1.807, 2.05) is 0 Å². The number of carbonyl (C=O) groups excluding carboxylic acids is 1. The number of hydrogen-bond donors (Lipinski definition) is 2. The van der Waals surface area contributed by atoms with Crippen molar-refractivity contribution in [2.24, 2.45) is 5.73 Å². The number of primary amides is 1. The van der Waals surface area contributed by atoms with Gasteiger partial charge in [-0.1, -0.05) is 23.2 Å². The number of nitrogens with two attached hydrogens (primary N) is 1. The number of urea groups is 1. The molecule has 2 amide bonds. The molecule has 0 aliphatic carbocycles. The number of carbonyl (C=O) groups is 1. The molecule has 3 N–H and O–H groups in total. The maximum atomic E-state index is 10.9. The summed E-state index contributed by atoms with van der Waals surface area (Å²) in [6.07, 6.45) is 3.38. The van der Waals surface area contributed by atoms with Gasteiger partial charge in [-0.15, -0.1) is 0 Å². The van der Waals surface area contributed by atoms with E-state index in [-0.39, 0.29) is 6.04 Å². The largest absolute Gasteiger partial charge is 0.355 e. The van der Waals surface area contributed by atoms with Gasteiger partial charge in [0, 0.05) is 19.1 Å². The van der Waals surface area contributed by atoms with Gasteiger partial charge in [-0.05, 0) is 25.0 Å². The molecule has 1 saturated heterocycles. The minimum absolute atomic E-state index is 0.121. The summed E-state index contributed by atoms with van der Waals surface area (Å²) in [7, 11) is 0. The van der Waals surface area contributed by atoms with Crippen LogP contribution in [-0.2, 0) is 0 Å². The highest BCUT2D eigenvalue weighted by Gasteiger charge is 2.21. The van der Waals surface area contributed by atoms with Gasteiger partial charge in [0.15, 0.2) is 0 Å². The maximum Gasteiger partial charge on any atom is 0.312 e. The van der Waals surface area contributed by atoms with Crippen LogP contribution in [0.4, 0.5) is 10.6 Å². The molecule has 3 rings (SSSR count). The van der Waals surface area contributed by atoms with Gasteiger partial charge < -0.3 is 16.0 Å². The average Bonchev–Trinajstić information content (AvgIpc) is 2.48. The molecule has 0 bridgehead atoms. The number of halogens is 2. The first kappa shape index (κ1) is 15.1. The summed E-state index contributed by atoms with van der Waals surface area (Å²) in [5, 5.41) is 3.67. The smallest absolute Gasteiger partial charge is 0.312 e. The van der Waals surface area contributed by atoms with E-state index in [9.17, 15) is 4.79 Å². The third-order valence-electron chi connectivity index (χ3n) is 3.74. The Morgan fingerprint density at radius 2 is 1.86 bits per heavy atom. The summed E-state index contributed by atoms with van der Waals surface area (Å²) >= 11 is 12.0. The molecule has 6 nitrogen and oxygen atoms in total. The van der Waals surface area contributed by atoms with E-state index < -0.39 is 6.03 Å². The molecule has 1 aromatic heterocycles. The van der Waals surface area contributed by atoms with E-state index in [2.05, 4.69) is 20.2 Å². The van der Waals surface area contributed by atoms with Gasteiger partial charge in [-0.3, -0.25) is 4.98 Å². The van der Waals surface area contributed by atoms with E-state index in [1.165, 1.54) is 0 Å². The third-order valence-corrected chi connectivity index (χ3v) is 4.46. The van der Waals surface area contributed by atoms with Crippen molar-refractivity contribution in [2.75, 3.05) is 18.0 Å². The first-order valence-corrected chi connectivity index (χ1v) is 7.71. The molecule has 2 heterocycles. The summed E-state index contributed by atoms with van der Waals surface area (Å²) in [6, 6.07) is 3.07. The molecule has 0 unspecified atom stereocenters. The predicted octanol–water partition coefficient (Wildman–Crippen LogP) is 2.57. The fourth-order valence-corrected chi connectivity index (χ4v) is 2.92. The van der Waals surface area contributed by atoms with Crippen molar-refractivity contribution in [3.05, 3.63) is 28.4 Å². The summed E-state index contributed by atoms with van der Waals surface area (Å²) < 4.78 is 0. The first-order chi connectivity index (χ1) is 10.5. The summed E-state index contributed by atoms with van der Waals surface area (Å²) in [5.41, 5.74) is 6.57. The molecule has 0 atom stereocenters. The zero-order valence-electron chi connectivity index (χ0n) is 11.7. The van der Waals surface area contributed by atoms with Crippen LogP contribution in [0.1, 0.15) is 12.8 Å². The van der Waals surface area contributed by atoms with E-state index in [0.29, 0.717) is 21.1 Å². The van der Waals surface area contributed by atoms with Crippen molar-refractivity contribution in [1.29, 1.82) is 0 Å². The Morgan fingerprint density at radius 1 is 1.23 bits per heavy atom. The van der Waals surface area contributed by atoms with Crippen molar-refractivity contribution in [3.63, 3.8) is 0 Å². The van der Waals surface area contributed by atoms with Crippen LogP contribution in [0.15, 0.2) is 18.3 Å². The second kappa shape index (κ2) is 6.14. The molecular formula is C14H15Cl2N5O. The van der Waals surface area contributed by atoms with E-state index in [0.717, 1.165) is 31.7 Å². The lowest BCUT2D eigenvalue weighted by Gasteiger charge is -2.32. The molecule has 116 valence electrons. The zero-order valence-corrected chi connectivity index (χ0v) is 13.2. The Morgan fingerprint density at radius 3 is 2.50 bits per heavy atom. The monoisotopic (exact) mass is 339 g/mol. The lowest BCUT2D eigenvalue weighted by Crippen LogP contribution is -2.46. The van der Waals surface area contributed by atoms with Crippen LogP contribution in [0.5, 0.6) is 0 Å². The van der Waals surface area contributed by atoms with Crippen LogP contribution >= 0.6 is 23.2 Å². The number of rotatable bonds is 2. The minimum Gasteiger partial charge on any atom is -0.355 e. The number of nitrogens with one attached hydrogen (secondary N) is 1. The van der Waals surface area contributed by atoms with Crippen LogP contribution in [0.25, 0.3) is 11.0 Å². The number of fused-ring (bicyclic) bond motifs is 1. The normalized spacial score (nSPS) is 16.0. The number of piperidine rings is 1. The highest BCUT2D eigenvalue weighted by atomic mass is 35.5. The van der Waals surface area contributed by atoms with Crippen LogP contribution in [-0.4, -0.2) is 35.1 Å². The molecule has 1 aliphatic heterocycles. The molecule has 0 saturated carbocycles. The Kier molecular flexibility index (Phi) is 4.22. The second-order valence-electron chi connectivity index (χ2n) is 5.25. The number of nitrogens with zero attached hydrogens (tertiary/aromatic N) is 3.